The monoisotopic (exact) mass is 442 g/mol. The molecule has 0 saturated heterocycles. The number of non-ortho nitro benzene ring substituents is 1. The van der Waals surface area contributed by atoms with Crippen molar-refractivity contribution >= 4 is 39.0 Å². The van der Waals surface area contributed by atoms with Gasteiger partial charge in [0.05, 0.1) is 28.7 Å². The predicted octanol–water partition coefficient (Wildman–Crippen LogP) is 3.40. The number of nitrogens with zero attached hydrogens (tertiary/aromatic N) is 2. The summed E-state index contributed by atoms with van der Waals surface area (Å²) in [5.41, 5.74) is -0.416. The molecular weight excluding hydrogens is 424 g/mol. The molecule has 0 radical (unpaired) electrons. The fourth-order valence-electron chi connectivity index (χ4n) is 2.46. The third-order valence-corrected chi connectivity index (χ3v) is 5.66. The minimum atomic E-state index is -4.40. The van der Waals surface area contributed by atoms with E-state index in [2.05, 4.69) is 0 Å². The molecule has 0 amide bonds. The Balaban J connectivity index is 2.63. The van der Waals surface area contributed by atoms with Crippen molar-refractivity contribution in [1.29, 1.82) is 0 Å². The zero-order valence-corrected chi connectivity index (χ0v) is 17.4. The number of esters is 1. The van der Waals surface area contributed by atoms with Crippen molar-refractivity contribution in [3.8, 4) is 5.75 Å². The molecule has 0 aromatic heterocycles. The molecule has 0 aliphatic heterocycles. The first-order valence-electron chi connectivity index (χ1n) is 8.36. The molecule has 0 unspecified atom stereocenters. The van der Waals surface area contributed by atoms with Crippen LogP contribution in [0, 0.1) is 10.1 Å². The molecule has 29 heavy (non-hydrogen) atoms. The lowest BCUT2D eigenvalue weighted by Gasteiger charge is -2.25. The van der Waals surface area contributed by atoms with E-state index < -0.39 is 39.3 Å². The van der Waals surface area contributed by atoms with Gasteiger partial charge in [-0.15, -0.1) is 0 Å². The normalized spacial score (nSPS) is 11.2. The van der Waals surface area contributed by atoms with Gasteiger partial charge in [-0.25, -0.2) is 8.42 Å². The molecule has 0 spiro atoms. The van der Waals surface area contributed by atoms with Crippen molar-refractivity contribution in [2.75, 3.05) is 18.0 Å². The van der Waals surface area contributed by atoms with Crippen LogP contribution < -0.4 is 9.04 Å². The van der Waals surface area contributed by atoms with Crippen molar-refractivity contribution < 1.29 is 27.6 Å². The summed E-state index contributed by atoms with van der Waals surface area (Å²) in [6, 6.07) is 8.77. The Labute approximate surface area is 173 Å². The van der Waals surface area contributed by atoms with Crippen LogP contribution in [-0.2, 0) is 19.6 Å². The molecule has 0 heterocycles. The predicted molar refractivity (Wildman–Crippen MR) is 107 cm³/mol. The van der Waals surface area contributed by atoms with Crippen LogP contribution in [0.4, 0.5) is 11.4 Å². The van der Waals surface area contributed by atoms with Gasteiger partial charge in [-0.3, -0.25) is 19.2 Å². The second-order valence-corrected chi connectivity index (χ2v) is 8.42. The molecule has 11 heteroatoms. The summed E-state index contributed by atoms with van der Waals surface area (Å²) >= 11 is 6.02. The first kappa shape index (κ1) is 22.4. The zero-order chi connectivity index (χ0) is 21.8. The SMILES string of the molecule is COc1ccc(Cl)cc1N(CC(=O)OC(C)C)S(=O)(=O)c1cccc([N+](=O)[O-])c1. The number of sulfonamides is 1. The van der Waals surface area contributed by atoms with Gasteiger partial charge in [-0.05, 0) is 38.1 Å². The van der Waals surface area contributed by atoms with Crippen LogP contribution in [0.2, 0.25) is 5.02 Å². The average Bonchev–Trinajstić information content (AvgIpc) is 2.65. The van der Waals surface area contributed by atoms with Gasteiger partial charge in [0.25, 0.3) is 15.7 Å². The summed E-state index contributed by atoms with van der Waals surface area (Å²) in [5.74, 6) is -0.670. The molecule has 0 saturated carbocycles. The number of methoxy groups -OCH3 is 1. The van der Waals surface area contributed by atoms with Gasteiger partial charge >= 0.3 is 5.97 Å². The first-order chi connectivity index (χ1) is 13.6. The summed E-state index contributed by atoms with van der Waals surface area (Å²) in [6.45, 7) is 2.56. The molecule has 2 aromatic carbocycles. The van der Waals surface area contributed by atoms with Crippen LogP contribution in [0.5, 0.6) is 5.75 Å². The van der Waals surface area contributed by atoms with E-state index in [1.807, 2.05) is 0 Å². The number of rotatable bonds is 8. The Morgan fingerprint density at radius 2 is 1.93 bits per heavy atom. The molecule has 156 valence electrons. The van der Waals surface area contributed by atoms with Crippen LogP contribution in [-0.4, -0.2) is 39.1 Å². The molecule has 0 bridgehead atoms. The van der Waals surface area contributed by atoms with Crippen LogP contribution in [0.25, 0.3) is 0 Å². The molecule has 0 aliphatic rings. The molecule has 0 aliphatic carbocycles. The number of benzene rings is 2. The van der Waals surface area contributed by atoms with Gasteiger partial charge in [0.2, 0.25) is 0 Å². The maximum Gasteiger partial charge on any atom is 0.327 e. The Hall–Kier alpha value is -2.85. The molecular formula is C18H19ClN2O7S. The second-order valence-electron chi connectivity index (χ2n) is 6.12. The number of halogens is 1. The molecule has 2 rings (SSSR count). The van der Waals surface area contributed by atoms with Crippen molar-refractivity contribution in [2.45, 2.75) is 24.8 Å². The summed E-state index contributed by atoms with van der Waals surface area (Å²) in [7, 11) is -3.07. The van der Waals surface area contributed by atoms with Crippen molar-refractivity contribution in [2.24, 2.45) is 0 Å². The van der Waals surface area contributed by atoms with Gasteiger partial charge < -0.3 is 9.47 Å². The number of carbonyl (C=O) groups is 1. The first-order valence-corrected chi connectivity index (χ1v) is 10.2. The molecule has 0 N–H and O–H groups in total. The Kier molecular flexibility index (Phi) is 7.04. The van der Waals surface area contributed by atoms with Crippen LogP contribution in [0.3, 0.4) is 0 Å². The highest BCUT2D eigenvalue weighted by Crippen LogP contribution is 2.35. The van der Waals surface area contributed by atoms with E-state index in [9.17, 15) is 23.3 Å². The second kappa shape index (κ2) is 9.10. The lowest BCUT2D eigenvalue weighted by atomic mass is 10.3. The van der Waals surface area contributed by atoms with E-state index in [0.717, 1.165) is 16.4 Å². The Morgan fingerprint density at radius 3 is 2.52 bits per heavy atom. The summed E-state index contributed by atoms with van der Waals surface area (Å²) in [5, 5.41) is 11.3. The number of carbonyl (C=O) groups excluding carboxylic acids is 1. The fraction of sp³-hybridized carbons (Fsp3) is 0.278. The smallest absolute Gasteiger partial charge is 0.327 e. The minimum Gasteiger partial charge on any atom is -0.495 e. The molecule has 2 aromatic rings. The van der Waals surface area contributed by atoms with Gasteiger partial charge in [0.15, 0.2) is 0 Å². The summed E-state index contributed by atoms with van der Waals surface area (Å²) in [4.78, 5) is 22.2. The highest BCUT2D eigenvalue weighted by Gasteiger charge is 2.31. The van der Waals surface area contributed by atoms with Crippen LogP contribution in [0.15, 0.2) is 47.4 Å². The zero-order valence-electron chi connectivity index (χ0n) is 15.9. The summed E-state index contributed by atoms with van der Waals surface area (Å²) in [6.07, 6.45) is -0.467. The molecule has 0 fully saturated rings. The van der Waals surface area contributed by atoms with Crippen LogP contribution in [0.1, 0.15) is 13.8 Å². The Morgan fingerprint density at radius 1 is 1.24 bits per heavy atom. The quantitative estimate of drug-likeness (QED) is 0.349. The lowest BCUT2D eigenvalue weighted by Crippen LogP contribution is -2.37. The standard InChI is InChI=1S/C18H19ClN2O7S/c1-12(2)28-18(22)11-20(16-9-13(19)7-8-17(16)27-3)29(25,26)15-6-4-5-14(10-15)21(23)24/h4-10,12H,11H2,1-3H3. The van der Waals surface area contributed by atoms with E-state index in [0.29, 0.717) is 0 Å². The highest BCUT2D eigenvalue weighted by atomic mass is 35.5. The average molecular weight is 443 g/mol. The van der Waals surface area contributed by atoms with E-state index in [-0.39, 0.29) is 21.4 Å². The van der Waals surface area contributed by atoms with E-state index >= 15 is 0 Å². The van der Waals surface area contributed by atoms with E-state index in [1.165, 1.54) is 37.4 Å². The topological polar surface area (TPSA) is 116 Å². The highest BCUT2D eigenvalue weighted by molar-refractivity contribution is 7.92. The fourth-order valence-corrected chi connectivity index (χ4v) is 4.08. The number of hydrogen-bond donors (Lipinski definition) is 0. The number of ether oxygens (including phenoxy) is 2. The third kappa shape index (κ3) is 5.36. The van der Waals surface area contributed by atoms with E-state index in [1.54, 1.807) is 13.8 Å². The van der Waals surface area contributed by atoms with Gasteiger partial charge in [-0.2, -0.15) is 0 Å². The number of nitro groups is 1. The molecule has 9 nitrogen and oxygen atoms in total. The maximum absolute atomic E-state index is 13.3. The number of nitro benzene ring substituents is 1. The third-order valence-electron chi connectivity index (χ3n) is 3.67. The van der Waals surface area contributed by atoms with Gasteiger partial charge in [0.1, 0.15) is 12.3 Å². The Bertz CT molecular complexity index is 1020. The molecule has 0 atom stereocenters. The minimum absolute atomic E-state index is 0.00721. The maximum atomic E-state index is 13.3. The number of hydrogen-bond acceptors (Lipinski definition) is 7. The van der Waals surface area contributed by atoms with Gasteiger partial charge in [0, 0.05) is 17.2 Å². The van der Waals surface area contributed by atoms with Crippen molar-refractivity contribution in [1.82, 2.24) is 0 Å². The van der Waals surface area contributed by atoms with Crippen molar-refractivity contribution in [3.05, 3.63) is 57.6 Å². The van der Waals surface area contributed by atoms with Crippen molar-refractivity contribution in [3.63, 3.8) is 0 Å². The van der Waals surface area contributed by atoms with Crippen LogP contribution >= 0.6 is 11.6 Å². The lowest BCUT2D eigenvalue weighted by molar-refractivity contribution is -0.385. The summed E-state index contributed by atoms with van der Waals surface area (Å²) < 4.78 is 37.6. The van der Waals surface area contributed by atoms with E-state index in [4.69, 9.17) is 21.1 Å². The van der Waals surface area contributed by atoms with Gasteiger partial charge in [-0.1, -0.05) is 17.7 Å². The number of anilines is 1. The largest absolute Gasteiger partial charge is 0.495 e.